The first-order valence-electron chi connectivity index (χ1n) is 4.71. The van der Waals surface area contributed by atoms with Crippen molar-refractivity contribution >= 4 is 10.0 Å². The standard InChI is InChI=1S/C8H18F2N2O2S/c1-7(2)11-4-5-15(13,14)12(3)6-8(9)10/h7-8,11H,4-6H2,1-3H3. The lowest BCUT2D eigenvalue weighted by molar-refractivity contribution is 0.126. The van der Waals surface area contributed by atoms with E-state index in [0.717, 1.165) is 7.05 Å². The van der Waals surface area contributed by atoms with Gasteiger partial charge in [-0.15, -0.1) is 0 Å². The molecule has 0 amide bonds. The summed E-state index contributed by atoms with van der Waals surface area (Å²) in [6.45, 7) is 3.29. The van der Waals surface area contributed by atoms with Crippen LogP contribution in [0.5, 0.6) is 0 Å². The first-order valence-corrected chi connectivity index (χ1v) is 6.32. The second kappa shape index (κ2) is 6.34. The van der Waals surface area contributed by atoms with Gasteiger partial charge in [-0.05, 0) is 0 Å². The van der Waals surface area contributed by atoms with Gasteiger partial charge in [0.2, 0.25) is 10.0 Å². The summed E-state index contributed by atoms with van der Waals surface area (Å²) in [6, 6.07) is 0.181. The Morgan fingerprint density at radius 2 is 1.87 bits per heavy atom. The Hall–Kier alpha value is -0.270. The van der Waals surface area contributed by atoms with E-state index in [2.05, 4.69) is 5.32 Å². The van der Waals surface area contributed by atoms with Crippen molar-refractivity contribution in [3.8, 4) is 0 Å². The zero-order valence-corrected chi connectivity index (χ0v) is 10.0. The molecule has 0 aliphatic carbocycles. The predicted molar refractivity (Wildman–Crippen MR) is 55.6 cm³/mol. The lowest BCUT2D eigenvalue weighted by Gasteiger charge is -2.17. The molecule has 0 aliphatic heterocycles. The zero-order chi connectivity index (χ0) is 12.1. The summed E-state index contributed by atoms with van der Waals surface area (Å²) < 4.78 is 47.4. The third-order valence-electron chi connectivity index (χ3n) is 1.78. The Kier molecular flexibility index (Phi) is 6.23. The fourth-order valence-corrected chi connectivity index (χ4v) is 1.97. The van der Waals surface area contributed by atoms with Gasteiger partial charge in [0.1, 0.15) is 0 Å². The Labute approximate surface area is 89.7 Å². The van der Waals surface area contributed by atoms with E-state index < -0.39 is 23.0 Å². The maximum Gasteiger partial charge on any atom is 0.252 e. The Morgan fingerprint density at radius 1 is 1.33 bits per heavy atom. The molecule has 0 atom stereocenters. The summed E-state index contributed by atoms with van der Waals surface area (Å²) in [6.07, 6.45) is -2.64. The number of rotatable bonds is 7. The molecular weight excluding hydrogens is 226 g/mol. The minimum atomic E-state index is -3.56. The van der Waals surface area contributed by atoms with Crippen LogP contribution < -0.4 is 5.32 Å². The van der Waals surface area contributed by atoms with Crippen molar-refractivity contribution in [3.05, 3.63) is 0 Å². The van der Waals surface area contributed by atoms with Crippen LogP contribution >= 0.6 is 0 Å². The van der Waals surface area contributed by atoms with Crippen LogP contribution in [0.3, 0.4) is 0 Å². The number of alkyl halides is 2. The average molecular weight is 244 g/mol. The van der Waals surface area contributed by atoms with Crippen molar-refractivity contribution in [2.75, 3.05) is 25.9 Å². The van der Waals surface area contributed by atoms with Gasteiger partial charge in [0.15, 0.2) is 0 Å². The molecule has 0 aromatic rings. The summed E-state index contributed by atoms with van der Waals surface area (Å²) in [5.41, 5.74) is 0. The summed E-state index contributed by atoms with van der Waals surface area (Å²) >= 11 is 0. The minimum absolute atomic E-state index is 0.158. The molecule has 0 aromatic heterocycles. The van der Waals surface area contributed by atoms with E-state index in [4.69, 9.17) is 0 Å². The first kappa shape index (κ1) is 14.7. The van der Waals surface area contributed by atoms with E-state index in [-0.39, 0.29) is 18.3 Å². The first-order chi connectivity index (χ1) is 6.75. The molecule has 0 aliphatic rings. The highest BCUT2D eigenvalue weighted by molar-refractivity contribution is 7.89. The molecule has 4 nitrogen and oxygen atoms in total. The number of nitrogens with one attached hydrogen (secondary N) is 1. The normalized spacial score (nSPS) is 13.1. The van der Waals surface area contributed by atoms with Crippen molar-refractivity contribution in [1.82, 2.24) is 9.62 Å². The van der Waals surface area contributed by atoms with Crippen LogP contribution in [-0.4, -0.2) is 51.1 Å². The smallest absolute Gasteiger partial charge is 0.252 e. The van der Waals surface area contributed by atoms with Crippen molar-refractivity contribution in [2.24, 2.45) is 0 Å². The van der Waals surface area contributed by atoms with Gasteiger partial charge < -0.3 is 5.32 Å². The van der Waals surface area contributed by atoms with E-state index in [1.165, 1.54) is 0 Å². The van der Waals surface area contributed by atoms with Crippen LogP contribution in [0.15, 0.2) is 0 Å². The molecule has 92 valence electrons. The monoisotopic (exact) mass is 244 g/mol. The fraction of sp³-hybridized carbons (Fsp3) is 1.00. The van der Waals surface area contributed by atoms with Gasteiger partial charge in [-0.25, -0.2) is 17.2 Å². The van der Waals surface area contributed by atoms with E-state index in [1.54, 1.807) is 0 Å². The molecule has 0 unspecified atom stereocenters. The Balaban J connectivity index is 4.06. The average Bonchev–Trinajstić information content (AvgIpc) is 2.01. The van der Waals surface area contributed by atoms with Crippen LogP contribution in [-0.2, 0) is 10.0 Å². The summed E-state index contributed by atoms with van der Waals surface area (Å²) in [5, 5.41) is 2.92. The molecule has 0 fully saturated rings. The molecule has 0 bridgehead atoms. The SMILES string of the molecule is CC(C)NCCS(=O)(=O)N(C)CC(F)F. The largest absolute Gasteiger partial charge is 0.313 e. The van der Waals surface area contributed by atoms with Gasteiger partial charge in [-0.3, -0.25) is 0 Å². The molecule has 0 rings (SSSR count). The van der Waals surface area contributed by atoms with Crippen LogP contribution in [0, 0.1) is 0 Å². The summed E-state index contributed by atoms with van der Waals surface area (Å²) in [5.74, 6) is -0.158. The van der Waals surface area contributed by atoms with E-state index in [9.17, 15) is 17.2 Å². The lowest BCUT2D eigenvalue weighted by Crippen LogP contribution is -2.37. The summed E-state index contributed by atoms with van der Waals surface area (Å²) in [4.78, 5) is 0. The number of sulfonamides is 1. The molecule has 1 N–H and O–H groups in total. The maximum atomic E-state index is 11.9. The van der Waals surface area contributed by atoms with Gasteiger partial charge in [-0.2, -0.15) is 4.31 Å². The van der Waals surface area contributed by atoms with Gasteiger partial charge in [0, 0.05) is 19.6 Å². The van der Waals surface area contributed by atoms with Crippen molar-refractivity contribution in [3.63, 3.8) is 0 Å². The van der Waals surface area contributed by atoms with Crippen LogP contribution in [0.1, 0.15) is 13.8 Å². The Morgan fingerprint density at radius 3 is 2.27 bits per heavy atom. The molecule has 0 saturated carbocycles. The molecule has 0 radical (unpaired) electrons. The van der Waals surface area contributed by atoms with Gasteiger partial charge in [-0.1, -0.05) is 13.8 Å². The molecule has 7 heteroatoms. The number of nitrogens with zero attached hydrogens (tertiary/aromatic N) is 1. The molecular formula is C8H18F2N2O2S. The zero-order valence-electron chi connectivity index (χ0n) is 9.20. The molecule has 0 saturated heterocycles. The summed E-state index contributed by atoms with van der Waals surface area (Å²) in [7, 11) is -2.40. The van der Waals surface area contributed by atoms with Gasteiger partial charge >= 0.3 is 0 Å². The van der Waals surface area contributed by atoms with E-state index in [1.807, 2.05) is 13.8 Å². The van der Waals surface area contributed by atoms with Crippen molar-refractivity contribution in [1.29, 1.82) is 0 Å². The van der Waals surface area contributed by atoms with Gasteiger partial charge in [0.05, 0.1) is 12.3 Å². The van der Waals surface area contributed by atoms with Crippen molar-refractivity contribution < 1.29 is 17.2 Å². The second-order valence-electron chi connectivity index (χ2n) is 3.60. The van der Waals surface area contributed by atoms with Crippen LogP contribution in [0.25, 0.3) is 0 Å². The molecule has 0 aromatic carbocycles. The second-order valence-corrected chi connectivity index (χ2v) is 5.79. The number of hydrogen-bond acceptors (Lipinski definition) is 3. The fourth-order valence-electron chi connectivity index (χ4n) is 0.940. The van der Waals surface area contributed by atoms with Crippen LogP contribution in [0.2, 0.25) is 0 Å². The van der Waals surface area contributed by atoms with Crippen LogP contribution in [0.4, 0.5) is 8.78 Å². The highest BCUT2D eigenvalue weighted by Gasteiger charge is 2.20. The predicted octanol–water partition coefficient (Wildman–Crippen LogP) is 0.511. The minimum Gasteiger partial charge on any atom is -0.313 e. The topological polar surface area (TPSA) is 49.4 Å². The number of halogens is 2. The van der Waals surface area contributed by atoms with E-state index >= 15 is 0 Å². The maximum absolute atomic E-state index is 11.9. The Bertz CT molecular complexity index is 268. The quantitative estimate of drug-likeness (QED) is 0.710. The highest BCUT2D eigenvalue weighted by atomic mass is 32.2. The third-order valence-corrected chi connectivity index (χ3v) is 3.60. The number of hydrogen-bond donors (Lipinski definition) is 1. The van der Waals surface area contributed by atoms with Crippen molar-refractivity contribution in [2.45, 2.75) is 26.3 Å². The van der Waals surface area contributed by atoms with E-state index in [0.29, 0.717) is 4.31 Å². The highest BCUT2D eigenvalue weighted by Crippen LogP contribution is 2.02. The molecule has 0 heterocycles. The molecule has 0 spiro atoms. The lowest BCUT2D eigenvalue weighted by atomic mass is 10.4. The van der Waals surface area contributed by atoms with Gasteiger partial charge in [0.25, 0.3) is 6.43 Å². The third kappa shape index (κ3) is 6.75. The molecule has 15 heavy (non-hydrogen) atoms.